The first kappa shape index (κ1) is 13.2. The highest BCUT2D eigenvalue weighted by atomic mass is 79.9. The highest BCUT2D eigenvalue weighted by Crippen LogP contribution is 2.34. The van der Waals surface area contributed by atoms with Crippen molar-refractivity contribution < 1.29 is 4.79 Å². The highest BCUT2D eigenvalue weighted by Gasteiger charge is 2.31. The Bertz CT molecular complexity index is 638. The number of hydrogen-bond donors (Lipinski definition) is 2. The van der Waals surface area contributed by atoms with Gasteiger partial charge in [0.1, 0.15) is 5.69 Å². The zero-order valence-corrected chi connectivity index (χ0v) is 12.6. The van der Waals surface area contributed by atoms with Gasteiger partial charge in [-0.05, 0) is 36.6 Å². The predicted octanol–water partition coefficient (Wildman–Crippen LogP) is 3.34. The summed E-state index contributed by atoms with van der Waals surface area (Å²) in [6.07, 6.45) is 3.68. The molecule has 0 bridgehead atoms. The van der Waals surface area contributed by atoms with Crippen molar-refractivity contribution in [3.05, 3.63) is 52.3 Å². The number of carbonyl (C=O) groups excluding carboxylic acids is 1. The fourth-order valence-corrected chi connectivity index (χ4v) is 3.18. The Hall–Kier alpha value is -1.75. The molecule has 3 N–H and O–H groups in total. The molecule has 0 aliphatic carbocycles. The average Bonchev–Trinajstić information content (AvgIpc) is 3.06. The maximum Gasteiger partial charge on any atom is 0.270 e. The van der Waals surface area contributed by atoms with Crippen molar-refractivity contribution in [2.75, 3.05) is 12.3 Å². The summed E-state index contributed by atoms with van der Waals surface area (Å²) in [5.74, 6) is 0.0178. The predicted molar refractivity (Wildman–Crippen MR) is 82.4 cm³/mol. The Morgan fingerprint density at radius 3 is 2.95 bits per heavy atom. The van der Waals surface area contributed by atoms with Crippen LogP contribution in [0.25, 0.3) is 0 Å². The van der Waals surface area contributed by atoms with Gasteiger partial charge in [0, 0.05) is 22.9 Å². The monoisotopic (exact) mass is 333 g/mol. The van der Waals surface area contributed by atoms with Crippen LogP contribution in [0.1, 0.15) is 34.9 Å². The molecule has 2 heterocycles. The molecule has 1 fully saturated rings. The number of H-pyrrole nitrogens is 1. The number of nitrogens with one attached hydrogen (secondary N) is 1. The van der Waals surface area contributed by atoms with Crippen molar-refractivity contribution in [1.82, 2.24) is 9.88 Å². The number of nitrogens with zero attached hydrogens (tertiary/aromatic N) is 1. The van der Waals surface area contributed by atoms with Crippen LogP contribution in [-0.4, -0.2) is 22.3 Å². The number of likely N-dealkylation sites (tertiary alicyclic amines) is 1. The third-order valence-electron chi connectivity index (χ3n) is 3.68. The third kappa shape index (κ3) is 2.45. The van der Waals surface area contributed by atoms with E-state index in [-0.39, 0.29) is 11.9 Å². The largest absolute Gasteiger partial charge is 0.397 e. The zero-order chi connectivity index (χ0) is 14.1. The number of nitrogens with two attached hydrogens (primary N) is 1. The number of rotatable bonds is 2. The Labute approximate surface area is 126 Å². The normalized spacial score (nSPS) is 18.4. The molecule has 1 saturated heterocycles. The van der Waals surface area contributed by atoms with E-state index < -0.39 is 0 Å². The van der Waals surface area contributed by atoms with Crippen molar-refractivity contribution >= 4 is 27.5 Å². The van der Waals surface area contributed by atoms with Gasteiger partial charge in [0.05, 0.1) is 6.04 Å². The zero-order valence-electron chi connectivity index (χ0n) is 11.0. The van der Waals surface area contributed by atoms with Crippen LogP contribution in [-0.2, 0) is 0 Å². The van der Waals surface area contributed by atoms with Crippen LogP contribution >= 0.6 is 15.9 Å². The van der Waals surface area contributed by atoms with E-state index in [1.54, 1.807) is 12.3 Å². The van der Waals surface area contributed by atoms with Crippen LogP contribution in [0.2, 0.25) is 0 Å². The molecule has 1 atom stereocenters. The van der Waals surface area contributed by atoms with Gasteiger partial charge in [-0.3, -0.25) is 4.79 Å². The summed E-state index contributed by atoms with van der Waals surface area (Å²) in [4.78, 5) is 17.4. The first-order valence-corrected chi connectivity index (χ1v) is 7.45. The second-order valence-corrected chi connectivity index (χ2v) is 5.97. The molecule has 104 valence electrons. The number of hydrogen-bond acceptors (Lipinski definition) is 2. The molecule has 20 heavy (non-hydrogen) atoms. The summed E-state index contributed by atoms with van der Waals surface area (Å²) < 4.78 is 1.04. The van der Waals surface area contributed by atoms with E-state index in [1.165, 1.54) is 5.56 Å². The van der Waals surface area contributed by atoms with Crippen molar-refractivity contribution in [2.45, 2.75) is 18.9 Å². The number of halogens is 1. The minimum Gasteiger partial charge on any atom is -0.397 e. The van der Waals surface area contributed by atoms with Crippen LogP contribution in [0, 0.1) is 0 Å². The lowest BCUT2D eigenvalue weighted by Crippen LogP contribution is -2.30. The number of carbonyl (C=O) groups is 1. The number of anilines is 1. The lowest BCUT2D eigenvalue weighted by Gasteiger charge is -2.24. The molecule has 2 aromatic rings. The van der Waals surface area contributed by atoms with E-state index in [0.717, 1.165) is 23.9 Å². The second kappa shape index (κ2) is 5.32. The molecule has 0 radical (unpaired) electrons. The first-order chi connectivity index (χ1) is 9.65. The molecule has 4 nitrogen and oxygen atoms in total. The molecule has 1 aliphatic heterocycles. The summed E-state index contributed by atoms with van der Waals surface area (Å²) in [5, 5.41) is 0. The smallest absolute Gasteiger partial charge is 0.270 e. The van der Waals surface area contributed by atoms with Gasteiger partial charge in [0.25, 0.3) is 5.91 Å². The lowest BCUT2D eigenvalue weighted by molar-refractivity contribution is 0.0730. The Balaban J connectivity index is 1.87. The topological polar surface area (TPSA) is 62.1 Å². The lowest BCUT2D eigenvalue weighted by atomic mass is 10.0. The minimum atomic E-state index is 0.0178. The summed E-state index contributed by atoms with van der Waals surface area (Å²) in [6.45, 7) is 0.787. The molecule has 1 aromatic heterocycles. The maximum absolute atomic E-state index is 12.6. The summed E-state index contributed by atoms with van der Waals surface area (Å²) in [5.41, 5.74) is 7.99. The fraction of sp³-hybridized carbons (Fsp3) is 0.267. The number of benzene rings is 1. The van der Waals surface area contributed by atoms with E-state index in [2.05, 4.69) is 33.0 Å². The number of aromatic amines is 1. The van der Waals surface area contributed by atoms with Gasteiger partial charge in [-0.1, -0.05) is 28.1 Å². The number of nitrogen functional groups attached to an aromatic ring is 1. The summed E-state index contributed by atoms with van der Waals surface area (Å²) >= 11 is 3.49. The SMILES string of the molecule is Nc1c[nH]c(C(=O)N2CCCC2c2cccc(Br)c2)c1. The molecule has 1 amide bonds. The number of aromatic nitrogens is 1. The molecule has 1 aromatic carbocycles. The van der Waals surface area contributed by atoms with Gasteiger partial charge in [-0.2, -0.15) is 0 Å². The minimum absolute atomic E-state index is 0.0178. The van der Waals surface area contributed by atoms with Gasteiger partial charge in [-0.15, -0.1) is 0 Å². The quantitative estimate of drug-likeness (QED) is 0.885. The van der Waals surface area contributed by atoms with Gasteiger partial charge in [0.15, 0.2) is 0 Å². The standard InChI is InChI=1S/C15H16BrN3O/c16-11-4-1-3-10(7-11)14-5-2-6-19(14)15(20)13-8-12(17)9-18-13/h1,3-4,7-9,14,18H,2,5-6,17H2. The van der Waals surface area contributed by atoms with Gasteiger partial charge < -0.3 is 15.6 Å². The Morgan fingerprint density at radius 1 is 1.40 bits per heavy atom. The van der Waals surface area contributed by atoms with Crippen molar-refractivity contribution in [1.29, 1.82) is 0 Å². The van der Waals surface area contributed by atoms with E-state index in [1.807, 2.05) is 17.0 Å². The molecular formula is C15H16BrN3O. The molecule has 1 unspecified atom stereocenters. The van der Waals surface area contributed by atoms with Crippen LogP contribution in [0.3, 0.4) is 0 Å². The Kier molecular flexibility index (Phi) is 3.53. The molecular weight excluding hydrogens is 318 g/mol. The van der Waals surface area contributed by atoms with E-state index in [4.69, 9.17) is 5.73 Å². The van der Waals surface area contributed by atoms with Crippen LogP contribution in [0.4, 0.5) is 5.69 Å². The van der Waals surface area contributed by atoms with Gasteiger partial charge in [0.2, 0.25) is 0 Å². The first-order valence-electron chi connectivity index (χ1n) is 6.65. The molecule has 0 spiro atoms. The second-order valence-electron chi connectivity index (χ2n) is 5.06. The van der Waals surface area contributed by atoms with E-state index in [0.29, 0.717) is 11.4 Å². The van der Waals surface area contributed by atoms with Crippen LogP contribution in [0.15, 0.2) is 41.0 Å². The summed E-state index contributed by atoms with van der Waals surface area (Å²) in [6, 6.07) is 10.00. The molecule has 1 aliphatic rings. The van der Waals surface area contributed by atoms with Crippen molar-refractivity contribution in [3.8, 4) is 0 Å². The summed E-state index contributed by atoms with van der Waals surface area (Å²) in [7, 11) is 0. The van der Waals surface area contributed by atoms with Gasteiger partial charge in [-0.25, -0.2) is 0 Å². The maximum atomic E-state index is 12.6. The van der Waals surface area contributed by atoms with Crippen molar-refractivity contribution in [2.24, 2.45) is 0 Å². The molecule has 0 saturated carbocycles. The molecule has 5 heteroatoms. The van der Waals surface area contributed by atoms with E-state index >= 15 is 0 Å². The van der Waals surface area contributed by atoms with E-state index in [9.17, 15) is 4.79 Å². The third-order valence-corrected chi connectivity index (χ3v) is 4.18. The fourth-order valence-electron chi connectivity index (χ4n) is 2.76. The molecule has 3 rings (SSSR count). The Morgan fingerprint density at radius 2 is 2.25 bits per heavy atom. The highest BCUT2D eigenvalue weighted by molar-refractivity contribution is 9.10. The van der Waals surface area contributed by atoms with Crippen LogP contribution in [0.5, 0.6) is 0 Å². The number of amides is 1. The van der Waals surface area contributed by atoms with Crippen LogP contribution < -0.4 is 5.73 Å². The average molecular weight is 334 g/mol. The van der Waals surface area contributed by atoms with Crippen molar-refractivity contribution in [3.63, 3.8) is 0 Å². The van der Waals surface area contributed by atoms with Gasteiger partial charge >= 0.3 is 0 Å².